The Balaban J connectivity index is 1.65. The molecule has 0 saturated carbocycles. The zero-order valence-corrected chi connectivity index (χ0v) is 19.7. The van der Waals surface area contributed by atoms with E-state index in [-0.39, 0.29) is 17.1 Å². The molecule has 3 aromatic carbocycles. The zero-order valence-electron chi connectivity index (χ0n) is 18.9. The summed E-state index contributed by atoms with van der Waals surface area (Å²) in [6.45, 7) is 7.29. The molecule has 0 amide bonds. The first-order chi connectivity index (χ1) is 15.7. The monoisotopic (exact) mass is 463 g/mol. The lowest BCUT2D eigenvalue weighted by Crippen LogP contribution is -2.16. The molecular formula is C26H25NO5S. The van der Waals surface area contributed by atoms with Crippen molar-refractivity contribution in [2.75, 3.05) is 4.72 Å². The summed E-state index contributed by atoms with van der Waals surface area (Å²) in [6.07, 6.45) is 0. The molecule has 0 aliphatic heterocycles. The van der Waals surface area contributed by atoms with E-state index in [0.29, 0.717) is 33.5 Å². The highest BCUT2D eigenvalue weighted by atomic mass is 32.2. The Labute approximate surface area is 193 Å². The number of esters is 1. The second-order valence-electron chi connectivity index (χ2n) is 8.14. The van der Waals surface area contributed by atoms with Crippen molar-refractivity contribution in [1.29, 1.82) is 0 Å². The van der Waals surface area contributed by atoms with Gasteiger partial charge in [-0.3, -0.25) is 4.72 Å². The molecule has 0 bridgehead atoms. The Hall–Kier alpha value is -3.58. The summed E-state index contributed by atoms with van der Waals surface area (Å²) in [5, 5.41) is 0.489. The molecule has 0 radical (unpaired) electrons. The Morgan fingerprint density at radius 1 is 0.939 bits per heavy atom. The van der Waals surface area contributed by atoms with Crippen LogP contribution in [0.4, 0.5) is 5.69 Å². The third kappa shape index (κ3) is 4.64. The van der Waals surface area contributed by atoms with Gasteiger partial charge in [-0.1, -0.05) is 48.0 Å². The third-order valence-corrected chi connectivity index (χ3v) is 7.09. The number of hydrogen-bond acceptors (Lipinski definition) is 5. The number of aryl methyl sites for hydroxylation is 4. The van der Waals surface area contributed by atoms with Gasteiger partial charge in [-0.05, 0) is 62.6 Å². The highest BCUT2D eigenvalue weighted by molar-refractivity contribution is 7.92. The highest BCUT2D eigenvalue weighted by Gasteiger charge is 2.23. The van der Waals surface area contributed by atoms with Crippen LogP contribution in [0.3, 0.4) is 0 Å². The number of furan rings is 1. The number of fused-ring (bicyclic) bond motifs is 1. The van der Waals surface area contributed by atoms with Crippen LogP contribution in [0, 0.1) is 27.7 Å². The summed E-state index contributed by atoms with van der Waals surface area (Å²) in [5.74, 6) is -0.117. The second kappa shape index (κ2) is 8.75. The molecule has 0 saturated heterocycles. The van der Waals surface area contributed by atoms with Crippen LogP contribution in [-0.2, 0) is 21.4 Å². The van der Waals surface area contributed by atoms with Gasteiger partial charge in [-0.25, -0.2) is 13.2 Å². The molecule has 7 heteroatoms. The molecule has 1 aromatic heterocycles. The lowest BCUT2D eigenvalue weighted by molar-refractivity contribution is 0.0473. The van der Waals surface area contributed by atoms with Crippen LogP contribution >= 0.6 is 0 Å². The van der Waals surface area contributed by atoms with Crippen LogP contribution in [0.2, 0.25) is 0 Å². The third-order valence-electron chi connectivity index (χ3n) is 5.41. The molecule has 4 aromatic rings. The van der Waals surface area contributed by atoms with Crippen molar-refractivity contribution in [3.05, 3.63) is 94.2 Å². The molecule has 0 unspecified atom stereocenters. The predicted octanol–water partition coefficient (Wildman–Crippen LogP) is 5.82. The van der Waals surface area contributed by atoms with E-state index in [1.54, 1.807) is 39.0 Å². The first-order valence-corrected chi connectivity index (χ1v) is 12.0. The fraction of sp³-hybridized carbons (Fsp3) is 0.192. The summed E-state index contributed by atoms with van der Waals surface area (Å²) < 4.78 is 40.1. The largest absolute Gasteiger partial charge is 0.460 e. The van der Waals surface area contributed by atoms with Crippen LogP contribution < -0.4 is 4.72 Å². The van der Waals surface area contributed by atoms with Crippen molar-refractivity contribution < 1.29 is 22.4 Å². The fourth-order valence-corrected chi connectivity index (χ4v) is 5.63. The van der Waals surface area contributed by atoms with Crippen molar-refractivity contribution in [2.45, 2.75) is 39.2 Å². The lowest BCUT2D eigenvalue weighted by atomic mass is 10.1. The van der Waals surface area contributed by atoms with Gasteiger partial charge in [0, 0.05) is 11.1 Å². The minimum absolute atomic E-state index is 0.129. The summed E-state index contributed by atoms with van der Waals surface area (Å²) in [7, 11) is -3.83. The van der Waals surface area contributed by atoms with E-state index in [4.69, 9.17) is 9.15 Å². The van der Waals surface area contributed by atoms with Crippen LogP contribution in [0.5, 0.6) is 0 Å². The van der Waals surface area contributed by atoms with Gasteiger partial charge in [0.1, 0.15) is 23.5 Å². The molecule has 0 atom stereocenters. The smallest absolute Gasteiger partial charge is 0.342 e. The maximum absolute atomic E-state index is 13.1. The van der Waals surface area contributed by atoms with Crippen LogP contribution in [0.1, 0.15) is 38.4 Å². The van der Waals surface area contributed by atoms with E-state index in [1.807, 2.05) is 49.4 Å². The molecule has 0 aliphatic carbocycles. The van der Waals surface area contributed by atoms with Gasteiger partial charge in [-0.15, -0.1) is 0 Å². The molecule has 6 nitrogen and oxygen atoms in total. The number of carbonyl (C=O) groups is 1. The average Bonchev–Trinajstić information content (AvgIpc) is 3.06. The minimum Gasteiger partial charge on any atom is -0.460 e. The van der Waals surface area contributed by atoms with Crippen molar-refractivity contribution in [1.82, 2.24) is 0 Å². The SMILES string of the molecule is Cc1cc(C)c(S(=O)(=O)Nc2ccc3oc(C)c(C(=O)OCc4ccccc4)c3c2)c(C)c1. The maximum Gasteiger partial charge on any atom is 0.342 e. The zero-order chi connectivity index (χ0) is 23.8. The lowest BCUT2D eigenvalue weighted by Gasteiger charge is -2.14. The summed E-state index contributed by atoms with van der Waals surface area (Å²) >= 11 is 0. The van der Waals surface area contributed by atoms with Crippen molar-refractivity contribution in [2.24, 2.45) is 0 Å². The first-order valence-electron chi connectivity index (χ1n) is 10.5. The van der Waals surface area contributed by atoms with E-state index < -0.39 is 16.0 Å². The maximum atomic E-state index is 13.1. The molecule has 4 rings (SSSR count). The quantitative estimate of drug-likeness (QED) is 0.364. The average molecular weight is 464 g/mol. The fourth-order valence-electron chi connectivity index (χ4n) is 4.13. The van der Waals surface area contributed by atoms with Gasteiger partial charge in [0.2, 0.25) is 0 Å². The molecule has 170 valence electrons. The van der Waals surface area contributed by atoms with E-state index in [0.717, 1.165) is 11.1 Å². The number of sulfonamides is 1. The Kier molecular flexibility index (Phi) is 5.99. The number of hydrogen-bond donors (Lipinski definition) is 1. The molecule has 33 heavy (non-hydrogen) atoms. The highest BCUT2D eigenvalue weighted by Crippen LogP contribution is 2.31. The summed E-state index contributed by atoms with van der Waals surface area (Å²) in [6, 6.07) is 17.9. The number of ether oxygens (including phenoxy) is 1. The van der Waals surface area contributed by atoms with Gasteiger partial charge in [0.05, 0.1) is 4.90 Å². The molecule has 0 spiro atoms. The van der Waals surface area contributed by atoms with Crippen LogP contribution in [0.15, 0.2) is 70.0 Å². The van der Waals surface area contributed by atoms with Gasteiger partial charge in [0.25, 0.3) is 10.0 Å². The van der Waals surface area contributed by atoms with E-state index in [2.05, 4.69) is 4.72 Å². The molecule has 0 aliphatic rings. The van der Waals surface area contributed by atoms with Crippen molar-refractivity contribution in [3.8, 4) is 0 Å². The van der Waals surface area contributed by atoms with Crippen molar-refractivity contribution >= 4 is 32.6 Å². The number of benzene rings is 3. The molecular weight excluding hydrogens is 438 g/mol. The number of anilines is 1. The number of carbonyl (C=O) groups excluding carboxylic acids is 1. The van der Waals surface area contributed by atoms with Crippen LogP contribution in [0.25, 0.3) is 11.0 Å². The predicted molar refractivity (Wildman–Crippen MR) is 128 cm³/mol. The van der Waals surface area contributed by atoms with E-state index >= 15 is 0 Å². The first kappa shape index (κ1) is 22.6. The van der Waals surface area contributed by atoms with E-state index in [1.165, 1.54) is 0 Å². The van der Waals surface area contributed by atoms with Gasteiger partial charge in [-0.2, -0.15) is 0 Å². The minimum atomic E-state index is -3.83. The molecule has 1 heterocycles. The van der Waals surface area contributed by atoms with E-state index in [9.17, 15) is 13.2 Å². The number of rotatable bonds is 6. The normalized spacial score (nSPS) is 11.5. The van der Waals surface area contributed by atoms with Crippen LogP contribution in [-0.4, -0.2) is 14.4 Å². The second-order valence-corrected chi connectivity index (χ2v) is 9.76. The van der Waals surface area contributed by atoms with Gasteiger partial charge >= 0.3 is 5.97 Å². The van der Waals surface area contributed by atoms with Crippen molar-refractivity contribution in [3.63, 3.8) is 0 Å². The van der Waals surface area contributed by atoms with Gasteiger partial charge in [0.15, 0.2) is 0 Å². The Bertz CT molecular complexity index is 1430. The molecule has 1 N–H and O–H groups in total. The Morgan fingerprint density at radius 2 is 1.61 bits per heavy atom. The number of nitrogens with one attached hydrogen (secondary N) is 1. The standard InChI is InChI=1S/C26H25NO5S/c1-16-12-17(2)25(18(3)13-16)33(29,30)27-21-10-11-23-22(14-21)24(19(4)32-23)26(28)31-15-20-8-6-5-7-9-20/h5-14,27H,15H2,1-4H3. The topological polar surface area (TPSA) is 85.6 Å². The summed E-state index contributed by atoms with van der Waals surface area (Å²) in [5.41, 5.74) is 4.30. The Morgan fingerprint density at radius 3 is 2.27 bits per heavy atom. The summed E-state index contributed by atoms with van der Waals surface area (Å²) in [4.78, 5) is 13.1. The van der Waals surface area contributed by atoms with Gasteiger partial charge < -0.3 is 9.15 Å². The molecule has 0 fully saturated rings.